The van der Waals surface area contributed by atoms with E-state index in [0.717, 1.165) is 39.3 Å². The third-order valence-corrected chi connectivity index (χ3v) is 4.67. The summed E-state index contributed by atoms with van der Waals surface area (Å²) in [6.07, 6.45) is 4.44. The number of hydrogen-bond donors (Lipinski definition) is 1. The van der Waals surface area contributed by atoms with Crippen LogP contribution in [0.1, 0.15) is 18.1 Å². The van der Waals surface area contributed by atoms with Gasteiger partial charge >= 0.3 is 0 Å². The van der Waals surface area contributed by atoms with Crippen LogP contribution in [0.15, 0.2) is 54.6 Å². The molecular weight excluding hydrogens is 324 g/mol. The van der Waals surface area contributed by atoms with E-state index >= 15 is 0 Å². The van der Waals surface area contributed by atoms with Crippen LogP contribution in [-0.2, 0) is 6.54 Å². The molecule has 1 saturated heterocycles. The van der Waals surface area contributed by atoms with Crippen molar-refractivity contribution in [1.29, 1.82) is 0 Å². The number of benzene rings is 2. The molecule has 2 aromatic carbocycles. The van der Waals surface area contributed by atoms with E-state index in [1.165, 1.54) is 11.1 Å². The minimum absolute atomic E-state index is 0.214. The van der Waals surface area contributed by atoms with Gasteiger partial charge in [0.1, 0.15) is 0 Å². The predicted molar refractivity (Wildman–Crippen MR) is 106 cm³/mol. The molecule has 0 saturated carbocycles. The molecule has 0 bridgehead atoms. The molecule has 1 aliphatic heterocycles. The second-order valence-electron chi connectivity index (χ2n) is 6.62. The Hall–Kier alpha value is -2.30. The third kappa shape index (κ3) is 5.35. The van der Waals surface area contributed by atoms with E-state index in [2.05, 4.69) is 46.2 Å². The molecule has 1 aliphatic rings. The van der Waals surface area contributed by atoms with E-state index in [-0.39, 0.29) is 5.75 Å². The van der Waals surface area contributed by atoms with Gasteiger partial charge < -0.3 is 9.84 Å². The predicted octanol–water partition coefficient (Wildman–Crippen LogP) is 3.62. The summed E-state index contributed by atoms with van der Waals surface area (Å²) in [5, 5.41) is 9.82. The fraction of sp³-hybridized carbons (Fsp3) is 0.364. The lowest BCUT2D eigenvalue weighted by Gasteiger charge is -2.34. The Morgan fingerprint density at radius 2 is 1.73 bits per heavy atom. The fourth-order valence-electron chi connectivity index (χ4n) is 3.22. The summed E-state index contributed by atoms with van der Waals surface area (Å²) in [7, 11) is 0. The van der Waals surface area contributed by atoms with Crippen LogP contribution in [0.2, 0.25) is 0 Å². The molecule has 2 aromatic rings. The van der Waals surface area contributed by atoms with Crippen LogP contribution in [-0.4, -0.2) is 54.2 Å². The Labute approximate surface area is 156 Å². The maximum absolute atomic E-state index is 9.82. The molecule has 4 nitrogen and oxygen atoms in total. The molecule has 0 spiro atoms. The maximum Gasteiger partial charge on any atom is 0.161 e. The van der Waals surface area contributed by atoms with Gasteiger partial charge in [0.25, 0.3) is 0 Å². The molecule has 0 aromatic heterocycles. The van der Waals surface area contributed by atoms with Crippen molar-refractivity contribution in [3.8, 4) is 11.5 Å². The van der Waals surface area contributed by atoms with Crippen LogP contribution in [0.25, 0.3) is 6.08 Å². The van der Waals surface area contributed by atoms with Crippen LogP contribution in [0.5, 0.6) is 11.5 Å². The number of hydrogen-bond acceptors (Lipinski definition) is 4. The highest BCUT2D eigenvalue weighted by Crippen LogP contribution is 2.27. The Bertz CT molecular complexity index is 707. The van der Waals surface area contributed by atoms with Crippen molar-refractivity contribution >= 4 is 6.08 Å². The van der Waals surface area contributed by atoms with Crippen molar-refractivity contribution in [1.82, 2.24) is 9.80 Å². The second kappa shape index (κ2) is 9.41. The van der Waals surface area contributed by atoms with Gasteiger partial charge in [0, 0.05) is 39.3 Å². The average molecular weight is 352 g/mol. The number of rotatable bonds is 7. The smallest absolute Gasteiger partial charge is 0.161 e. The van der Waals surface area contributed by atoms with Gasteiger partial charge in [0.2, 0.25) is 0 Å². The van der Waals surface area contributed by atoms with Gasteiger partial charge in [-0.3, -0.25) is 9.80 Å². The minimum Gasteiger partial charge on any atom is -0.504 e. The highest BCUT2D eigenvalue weighted by molar-refractivity contribution is 5.48. The molecule has 138 valence electrons. The van der Waals surface area contributed by atoms with Crippen LogP contribution in [0.4, 0.5) is 0 Å². The van der Waals surface area contributed by atoms with E-state index in [0.29, 0.717) is 12.4 Å². The largest absolute Gasteiger partial charge is 0.504 e. The second-order valence-corrected chi connectivity index (χ2v) is 6.62. The zero-order valence-electron chi connectivity index (χ0n) is 15.5. The fourth-order valence-corrected chi connectivity index (χ4v) is 3.22. The lowest BCUT2D eigenvalue weighted by Crippen LogP contribution is -2.45. The molecule has 26 heavy (non-hydrogen) atoms. The van der Waals surface area contributed by atoms with E-state index in [4.69, 9.17) is 4.74 Å². The number of phenols is 1. The van der Waals surface area contributed by atoms with Gasteiger partial charge in [-0.2, -0.15) is 0 Å². The average Bonchev–Trinajstić information content (AvgIpc) is 2.67. The number of nitrogens with zero attached hydrogens (tertiary/aromatic N) is 2. The summed E-state index contributed by atoms with van der Waals surface area (Å²) < 4.78 is 5.48. The van der Waals surface area contributed by atoms with Gasteiger partial charge in [-0.1, -0.05) is 48.6 Å². The molecule has 0 radical (unpaired) electrons. The first-order chi connectivity index (χ1) is 12.7. The Balaban J connectivity index is 1.45. The summed E-state index contributed by atoms with van der Waals surface area (Å²) in [5.41, 5.74) is 2.44. The maximum atomic E-state index is 9.82. The monoisotopic (exact) mass is 352 g/mol. The van der Waals surface area contributed by atoms with Gasteiger partial charge in [0.05, 0.1) is 6.61 Å². The molecule has 1 heterocycles. The Morgan fingerprint density at radius 1 is 1.00 bits per heavy atom. The Kier molecular flexibility index (Phi) is 6.69. The highest BCUT2D eigenvalue weighted by atomic mass is 16.5. The van der Waals surface area contributed by atoms with Crippen LogP contribution >= 0.6 is 0 Å². The van der Waals surface area contributed by atoms with Crippen molar-refractivity contribution in [3.05, 3.63) is 65.7 Å². The number of piperazine rings is 1. The van der Waals surface area contributed by atoms with Crippen LogP contribution in [0, 0.1) is 0 Å². The summed E-state index contributed by atoms with van der Waals surface area (Å²) in [5.74, 6) is 0.792. The van der Waals surface area contributed by atoms with Crippen molar-refractivity contribution in [3.63, 3.8) is 0 Å². The highest BCUT2D eigenvalue weighted by Gasteiger charge is 2.16. The summed E-state index contributed by atoms with van der Waals surface area (Å²) >= 11 is 0. The van der Waals surface area contributed by atoms with Crippen molar-refractivity contribution in [2.45, 2.75) is 13.5 Å². The first-order valence-electron chi connectivity index (χ1n) is 9.35. The standard InChI is InChI=1S/C22H28N2O2/c1-2-26-22-17-20(10-11-21(22)25)18-24-15-13-23(14-16-24)12-6-9-19-7-4-3-5-8-19/h3-11,17,25H,2,12-16,18H2,1H3. The molecule has 0 aliphatic carbocycles. The third-order valence-electron chi connectivity index (χ3n) is 4.67. The van der Waals surface area contributed by atoms with Gasteiger partial charge in [0.15, 0.2) is 11.5 Å². The van der Waals surface area contributed by atoms with E-state index in [1.807, 2.05) is 25.1 Å². The molecule has 1 N–H and O–H groups in total. The Morgan fingerprint density at radius 3 is 2.46 bits per heavy atom. The number of aromatic hydroxyl groups is 1. The summed E-state index contributed by atoms with van der Waals surface area (Å²) in [6, 6.07) is 16.1. The van der Waals surface area contributed by atoms with Gasteiger partial charge in [-0.25, -0.2) is 0 Å². The summed E-state index contributed by atoms with van der Waals surface area (Å²) in [6.45, 7) is 8.66. The first kappa shape index (κ1) is 18.5. The minimum atomic E-state index is 0.214. The number of phenolic OH excluding ortho intramolecular Hbond substituents is 1. The molecule has 1 fully saturated rings. The zero-order chi connectivity index (χ0) is 18.2. The molecule has 4 heteroatoms. The van der Waals surface area contributed by atoms with Crippen molar-refractivity contribution in [2.75, 3.05) is 39.3 Å². The summed E-state index contributed by atoms with van der Waals surface area (Å²) in [4.78, 5) is 4.94. The van der Waals surface area contributed by atoms with E-state index in [9.17, 15) is 5.11 Å². The van der Waals surface area contributed by atoms with Crippen molar-refractivity contribution in [2.24, 2.45) is 0 Å². The quantitative estimate of drug-likeness (QED) is 0.826. The van der Waals surface area contributed by atoms with E-state index < -0.39 is 0 Å². The molecular formula is C22H28N2O2. The van der Waals surface area contributed by atoms with Crippen molar-refractivity contribution < 1.29 is 9.84 Å². The topological polar surface area (TPSA) is 35.9 Å². The lowest BCUT2D eigenvalue weighted by molar-refractivity contribution is 0.137. The SMILES string of the molecule is CCOc1cc(CN2CCN(CC=Cc3ccccc3)CC2)ccc1O. The molecule has 0 amide bonds. The first-order valence-corrected chi connectivity index (χ1v) is 9.35. The molecule has 0 atom stereocenters. The van der Waals surface area contributed by atoms with Gasteiger partial charge in [-0.15, -0.1) is 0 Å². The molecule has 0 unspecified atom stereocenters. The van der Waals surface area contributed by atoms with E-state index in [1.54, 1.807) is 6.07 Å². The normalized spacial score (nSPS) is 16.2. The van der Waals surface area contributed by atoms with Crippen LogP contribution < -0.4 is 4.74 Å². The molecule has 3 rings (SSSR count). The van der Waals surface area contributed by atoms with Gasteiger partial charge in [-0.05, 0) is 30.2 Å². The lowest BCUT2D eigenvalue weighted by atomic mass is 10.1. The zero-order valence-corrected chi connectivity index (χ0v) is 15.5. The van der Waals surface area contributed by atoms with Crippen LogP contribution in [0.3, 0.4) is 0 Å². The number of ether oxygens (including phenoxy) is 1.